The number of anilines is 1. The largest absolute Gasteiger partial charge is 0.450 e. The first-order valence-corrected chi connectivity index (χ1v) is 14.3. The van der Waals surface area contributed by atoms with E-state index >= 15 is 0 Å². The highest BCUT2D eigenvalue weighted by Gasteiger charge is 2.40. The topological polar surface area (TPSA) is 150 Å². The molecule has 210 valence electrons. The van der Waals surface area contributed by atoms with Crippen LogP contribution in [0, 0.1) is 11.8 Å². The first kappa shape index (κ1) is 32.6. The fraction of sp³-hybridized carbons (Fsp3) is 0.708. The molecule has 37 heavy (non-hydrogen) atoms. The predicted octanol–water partition coefficient (Wildman–Crippen LogP) is 3.50. The Balaban J connectivity index is 3.15. The van der Waals surface area contributed by atoms with E-state index < -0.39 is 40.7 Å². The summed E-state index contributed by atoms with van der Waals surface area (Å²) >= 11 is 2.66. The van der Waals surface area contributed by atoms with Gasteiger partial charge in [-0.25, -0.2) is 14.8 Å². The van der Waals surface area contributed by atoms with E-state index in [9.17, 15) is 24.4 Å². The van der Waals surface area contributed by atoms with Crippen LogP contribution in [-0.2, 0) is 19.1 Å². The number of hydrogen-bond acceptors (Lipinski definition) is 9. The first-order valence-electron chi connectivity index (χ1n) is 12.4. The quantitative estimate of drug-likeness (QED) is 0.0980. The Kier molecular flexibility index (Phi) is 14.5. The number of carbonyl (C=O) groups excluding carboxylic acids is 4. The molecular formula is C24H41N5O6S2. The van der Waals surface area contributed by atoms with E-state index in [1.807, 2.05) is 34.6 Å². The van der Waals surface area contributed by atoms with Crippen molar-refractivity contribution in [3.05, 3.63) is 11.6 Å². The normalized spacial score (nSPS) is 13.8. The molecule has 0 saturated heterocycles. The molecule has 4 N–H and O–H groups in total. The molecule has 1 aromatic heterocycles. The number of nitrogens with zero attached hydrogens (tertiary/aromatic N) is 2. The summed E-state index contributed by atoms with van der Waals surface area (Å²) < 4.78 is 4.07. The van der Waals surface area contributed by atoms with Gasteiger partial charge in [0.25, 0.3) is 0 Å². The summed E-state index contributed by atoms with van der Waals surface area (Å²) in [5, 5.41) is 21.2. The number of hydroxylamine groups is 2. The molecule has 0 aliphatic heterocycles. The van der Waals surface area contributed by atoms with Crippen LogP contribution in [0.4, 0.5) is 9.93 Å². The number of thioether (sulfide) groups is 1. The molecule has 1 rings (SSSR count). The number of thiazole rings is 1. The monoisotopic (exact) mass is 559 g/mol. The molecule has 0 aliphatic rings. The van der Waals surface area contributed by atoms with E-state index in [0.29, 0.717) is 48.2 Å². The van der Waals surface area contributed by atoms with Gasteiger partial charge in [0.05, 0.1) is 18.6 Å². The second-order valence-electron chi connectivity index (χ2n) is 9.44. The molecule has 0 aliphatic carbocycles. The lowest BCUT2D eigenvalue weighted by atomic mass is 9.86. The SMILES string of the molecule is CCC[C@@H]([C@@H](CC(C)C)C(=O)N[C@H](C(=O)Nc1nccs1)C(C)(C)SCCNC(=O)OCC)N(O)C=O. The van der Waals surface area contributed by atoms with Gasteiger partial charge in [0.1, 0.15) is 6.04 Å². The third kappa shape index (κ3) is 11.3. The molecule has 0 fully saturated rings. The molecule has 1 heterocycles. The zero-order valence-electron chi connectivity index (χ0n) is 22.5. The maximum Gasteiger partial charge on any atom is 0.407 e. The number of carbonyl (C=O) groups is 4. The molecule has 11 nitrogen and oxygen atoms in total. The maximum atomic E-state index is 13.6. The number of aromatic nitrogens is 1. The Morgan fingerprint density at radius 3 is 2.51 bits per heavy atom. The minimum Gasteiger partial charge on any atom is -0.450 e. The minimum absolute atomic E-state index is 0.106. The van der Waals surface area contributed by atoms with Gasteiger partial charge in [-0.3, -0.25) is 19.6 Å². The number of nitrogens with one attached hydrogen (secondary N) is 3. The average molecular weight is 560 g/mol. The Labute approximate surface area is 227 Å². The highest BCUT2D eigenvalue weighted by atomic mass is 32.2. The van der Waals surface area contributed by atoms with Gasteiger partial charge >= 0.3 is 6.09 Å². The highest BCUT2D eigenvalue weighted by Crippen LogP contribution is 2.30. The van der Waals surface area contributed by atoms with Crippen LogP contribution >= 0.6 is 23.1 Å². The van der Waals surface area contributed by atoms with E-state index in [1.54, 1.807) is 18.5 Å². The van der Waals surface area contributed by atoms with Crippen LogP contribution in [0.5, 0.6) is 0 Å². The third-order valence-corrected chi connectivity index (χ3v) is 7.66. The zero-order valence-corrected chi connectivity index (χ0v) is 24.1. The van der Waals surface area contributed by atoms with Gasteiger partial charge in [-0.15, -0.1) is 11.3 Å². The lowest BCUT2D eigenvalue weighted by Crippen LogP contribution is -2.58. The summed E-state index contributed by atoms with van der Waals surface area (Å²) in [4.78, 5) is 54.0. The van der Waals surface area contributed by atoms with Crippen molar-refractivity contribution in [3.63, 3.8) is 0 Å². The summed E-state index contributed by atoms with van der Waals surface area (Å²) in [6.45, 7) is 11.8. The van der Waals surface area contributed by atoms with Crippen molar-refractivity contribution in [2.45, 2.75) is 77.6 Å². The molecule has 13 heteroatoms. The van der Waals surface area contributed by atoms with Crippen molar-refractivity contribution >= 4 is 52.5 Å². The number of alkyl carbamates (subject to hydrolysis) is 1. The minimum atomic E-state index is -0.975. The van der Waals surface area contributed by atoms with Crippen LogP contribution in [0.2, 0.25) is 0 Å². The Morgan fingerprint density at radius 1 is 1.27 bits per heavy atom. The maximum absolute atomic E-state index is 13.6. The van der Waals surface area contributed by atoms with Gasteiger partial charge in [-0.1, -0.05) is 27.2 Å². The Hall–Kier alpha value is -2.38. The summed E-state index contributed by atoms with van der Waals surface area (Å²) in [6, 6.07) is -1.70. The van der Waals surface area contributed by atoms with Gasteiger partial charge in [0, 0.05) is 28.6 Å². The van der Waals surface area contributed by atoms with Gasteiger partial charge in [-0.05, 0) is 39.5 Å². The van der Waals surface area contributed by atoms with Crippen LogP contribution in [0.15, 0.2) is 11.6 Å². The Morgan fingerprint density at radius 2 is 1.97 bits per heavy atom. The van der Waals surface area contributed by atoms with Gasteiger partial charge in [-0.2, -0.15) is 11.8 Å². The zero-order chi connectivity index (χ0) is 28.0. The molecule has 0 unspecified atom stereocenters. The van der Waals surface area contributed by atoms with E-state index in [1.165, 1.54) is 23.1 Å². The van der Waals surface area contributed by atoms with Crippen molar-refractivity contribution in [2.24, 2.45) is 11.8 Å². The van der Waals surface area contributed by atoms with Gasteiger partial charge in [0.2, 0.25) is 18.2 Å². The molecule has 1 aromatic rings. The number of rotatable bonds is 17. The second kappa shape index (κ2) is 16.5. The van der Waals surface area contributed by atoms with E-state index in [2.05, 4.69) is 20.9 Å². The summed E-state index contributed by atoms with van der Waals surface area (Å²) in [6.07, 6.45) is 2.85. The van der Waals surface area contributed by atoms with Gasteiger partial charge in [0.15, 0.2) is 5.13 Å². The first-order chi connectivity index (χ1) is 17.5. The molecule has 0 bridgehead atoms. The molecule has 0 radical (unpaired) electrons. The van der Waals surface area contributed by atoms with E-state index in [0.717, 1.165) is 0 Å². The molecule has 0 saturated carbocycles. The molecule has 0 spiro atoms. The van der Waals surface area contributed by atoms with Crippen molar-refractivity contribution < 1.29 is 29.1 Å². The number of ether oxygens (including phenoxy) is 1. The van der Waals surface area contributed by atoms with Gasteiger partial charge < -0.3 is 20.7 Å². The second-order valence-corrected chi connectivity index (χ2v) is 12.1. The van der Waals surface area contributed by atoms with Crippen LogP contribution in [-0.4, -0.2) is 75.3 Å². The van der Waals surface area contributed by atoms with Crippen LogP contribution in [0.25, 0.3) is 0 Å². The summed E-state index contributed by atoms with van der Waals surface area (Å²) in [7, 11) is 0. The van der Waals surface area contributed by atoms with Crippen molar-refractivity contribution in [2.75, 3.05) is 24.2 Å². The Bertz CT molecular complexity index is 853. The smallest absolute Gasteiger partial charge is 0.407 e. The summed E-state index contributed by atoms with van der Waals surface area (Å²) in [5.41, 5.74) is 0. The number of amides is 4. The fourth-order valence-electron chi connectivity index (χ4n) is 3.84. The van der Waals surface area contributed by atoms with Crippen LogP contribution < -0.4 is 16.0 Å². The average Bonchev–Trinajstić information content (AvgIpc) is 3.34. The highest BCUT2D eigenvalue weighted by molar-refractivity contribution is 8.00. The van der Waals surface area contributed by atoms with Crippen molar-refractivity contribution in [1.82, 2.24) is 20.7 Å². The van der Waals surface area contributed by atoms with E-state index in [-0.39, 0.29) is 12.5 Å². The van der Waals surface area contributed by atoms with Crippen LogP contribution in [0.1, 0.15) is 60.8 Å². The lowest BCUT2D eigenvalue weighted by molar-refractivity contribution is -0.169. The standard InChI is InChI=1S/C24H41N5O6S2/c1-7-9-18(29(34)15-30)17(14-16(3)4)20(31)27-19(21(32)28-22-25-10-12-36-22)24(5,6)37-13-11-26-23(33)35-8-2/h10,12,15-19,34H,7-9,11,13-14H2,1-6H3,(H,26,33)(H,27,31)(H,25,28,32)/t17-,18+,19-/m1/s1. The fourth-order valence-corrected chi connectivity index (χ4v) is 5.43. The lowest BCUT2D eigenvalue weighted by Gasteiger charge is -2.36. The number of hydrogen-bond donors (Lipinski definition) is 4. The van der Waals surface area contributed by atoms with E-state index in [4.69, 9.17) is 4.74 Å². The molecule has 3 atom stereocenters. The summed E-state index contributed by atoms with van der Waals surface area (Å²) in [5.74, 6) is -1.02. The van der Waals surface area contributed by atoms with Crippen molar-refractivity contribution in [3.8, 4) is 0 Å². The molecule has 0 aromatic carbocycles. The van der Waals surface area contributed by atoms with Crippen molar-refractivity contribution in [1.29, 1.82) is 0 Å². The van der Waals surface area contributed by atoms with Crippen LogP contribution in [0.3, 0.4) is 0 Å². The third-order valence-electron chi connectivity index (χ3n) is 5.59. The molecule has 4 amide bonds. The predicted molar refractivity (Wildman–Crippen MR) is 146 cm³/mol. The molecular weight excluding hydrogens is 518 g/mol.